The molecule has 0 aliphatic rings. The number of aryl methyl sites for hydroxylation is 2. The van der Waals surface area contributed by atoms with Crippen LogP contribution < -0.4 is 5.73 Å². The summed E-state index contributed by atoms with van der Waals surface area (Å²) in [5.74, 6) is 0.527. The van der Waals surface area contributed by atoms with Crippen LogP contribution in [0.4, 0.5) is 5.95 Å². The lowest BCUT2D eigenvalue weighted by atomic mass is 10.2. The molecule has 92 valence electrons. The van der Waals surface area contributed by atoms with Crippen molar-refractivity contribution < 1.29 is 0 Å². The molecule has 0 atom stereocenters. The van der Waals surface area contributed by atoms with Gasteiger partial charge in [0, 0.05) is 11.1 Å². The first-order chi connectivity index (χ1) is 8.66. The van der Waals surface area contributed by atoms with Crippen LogP contribution in [0.3, 0.4) is 0 Å². The van der Waals surface area contributed by atoms with E-state index < -0.39 is 0 Å². The highest BCUT2D eigenvalue weighted by atomic mass is 32.1. The summed E-state index contributed by atoms with van der Waals surface area (Å²) in [6.45, 7) is 4.87. The van der Waals surface area contributed by atoms with E-state index in [4.69, 9.17) is 5.73 Å². The molecule has 0 fully saturated rings. The number of hydrogen-bond acceptors (Lipinski definition) is 4. The van der Waals surface area contributed by atoms with E-state index in [0.717, 1.165) is 23.3 Å². The molecule has 0 aliphatic carbocycles. The summed E-state index contributed by atoms with van der Waals surface area (Å²) < 4.78 is 1.97. The van der Waals surface area contributed by atoms with E-state index in [9.17, 15) is 0 Å². The van der Waals surface area contributed by atoms with E-state index in [2.05, 4.69) is 28.3 Å². The molecule has 3 aromatic rings. The third-order valence-electron chi connectivity index (χ3n) is 3.14. The summed E-state index contributed by atoms with van der Waals surface area (Å²) in [6.07, 6.45) is 1.80. The number of nitrogen functional groups attached to an aromatic ring is 1. The smallest absolute Gasteiger partial charge is 0.202 e. The monoisotopic (exact) mass is 258 g/mol. The second-order valence-electron chi connectivity index (χ2n) is 4.38. The summed E-state index contributed by atoms with van der Waals surface area (Å²) >= 11 is 1.74. The number of fused-ring (bicyclic) bond motifs is 1. The molecule has 0 saturated carbocycles. The van der Waals surface area contributed by atoms with Crippen LogP contribution in [0.2, 0.25) is 0 Å². The van der Waals surface area contributed by atoms with Gasteiger partial charge in [0.05, 0.1) is 6.54 Å². The molecule has 3 heterocycles. The lowest BCUT2D eigenvalue weighted by Gasteiger charge is -2.05. The zero-order valence-corrected chi connectivity index (χ0v) is 11.2. The van der Waals surface area contributed by atoms with Crippen molar-refractivity contribution in [3.63, 3.8) is 0 Å². The minimum atomic E-state index is 0.527. The van der Waals surface area contributed by atoms with Crippen molar-refractivity contribution >= 4 is 28.4 Å². The van der Waals surface area contributed by atoms with Gasteiger partial charge in [0.2, 0.25) is 5.95 Å². The number of nitrogens with two attached hydrogens (primary N) is 1. The Kier molecular flexibility index (Phi) is 2.56. The average Bonchev–Trinajstić information content (AvgIpc) is 2.87. The molecule has 0 aromatic carbocycles. The normalized spacial score (nSPS) is 11.2. The van der Waals surface area contributed by atoms with Gasteiger partial charge in [-0.15, -0.1) is 11.3 Å². The maximum Gasteiger partial charge on any atom is 0.202 e. The van der Waals surface area contributed by atoms with Crippen molar-refractivity contribution in [1.29, 1.82) is 0 Å². The van der Waals surface area contributed by atoms with E-state index in [1.165, 1.54) is 10.4 Å². The van der Waals surface area contributed by atoms with Gasteiger partial charge in [0.1, 0.15) is 5.52 Å². The van der Waals surface area contributed by atoms with Crippen molar-refractivity contribution in [3.8, 4) is 0 Å². The average molecular weight is 258 g/mol. The van der Waals surface area contributed by atoms with Crippen LogP contribution in [-0.4, -0.2) is 14.5 Å². The van der Waals surface area contributed by atoms with E-state index in [-0.39, 0.29) is 0 Å². The third-order valence-corrected chi connectivity index (χ3v) is 4.14. The Bertz CT molecular complexity index is 711. The lowest BCUT2D eigenvalue weighted by Crippen LogP contribution is -2.04. The molecule has 0 aliphatic heterocycles. The van der Waals surface area contributed by atoms with Crippen molar-refractivity contribution in [2.45, 2.75) is 20.4 Å². The Morgan fingerprint density at radius 1 is 1.28 bits per heavy atom. The molecule has 0 amide bonds. The van der Waals surface area contributed by atoms with Crippen LogP contribution in [0.1, 0.15) is 16.0 Å². The topological polar surface area (TPSA) is 56.7 Å². The van der Waals surface area contributed by atoms with Gasteiger partial charge in [0.15, 0.2) is 5.65 Å². The summed E-state index contributed by atoms with van der Waals surface area (Å²) in [7, 11) is 0. The van der Waals surface area contributed by atoms with Gasteiger partial charge < -0.3 is 5.73 Å². The van der Waals surface area contributed by atoms with Gasteiger partial charge in [-0.3, -0.25) is 4.57 Å². The number of nitrogens with zero attached hydrogens (tertiary/aromatic N) is 3. The lowest BCUT2D eigenvalue weighted by molar-refractivity contribution is 0.836. The van der Waals surface area contributed by atoms with Gasteiger partial charge in [-0.1, -0.05) is 0 Å². The summed E-state index contributed by atoms with van der Waals surface area (Å²) in [6, 6.07) is 4.07. The van der Waals surface area contributed by atoms with Crippen LogP contribution in [0.25, 0.3) is 11.2 Å². The van der Waals surface area contributed by atoms with Crippen LogP contribution >= 0.6 is 11.3 Å². The van der Waals surface area contributed by atoms with Gasteiger partial charge in [-0.2, -0.15) is 0 Å². The molecule has 0 unspecified atom stereocenters. The van der Waals surface area contributed by atoms with Crippen molar-refractivity contribution in [1.82, 2.24) is 14.5 Å². The summed E-state index contributed by atoms with van der Waals surface area (Å²) in [4.78, 5) is 10.1. The fourth-order valence-corrected chi connectivity index (χ4v) is 2.91. The predicted octanol–water partition coefficient (Wildman–Crippen LogP) is 2.74. The number of anilines is 1. The van der Waals surface area contributed by atoms with Gasteiger partial charge in [0.25, 0.3) is 0 Å². The van der Waals surface area contributed by atoms with Crippen LogP contribution in [0, 0.1) is 13.8 Å². The van der Waals surface area contributed by atoms with Crippen molar-refractivity contribution in [2.75, 3.05) is 5.73 Å². The maximum absolute atomic E-state index is 6.01. The highest BCUT2D eigenvalue weighted by Gasteiger charge is 2.12. The van der Waals surface area contributed by atoms with Gasteiger partial charge in [-0.25, -0.2) is 9.97 Å². The van der Waals surface area contributed by atoms with Crippen molar-refractivity contribution in [2.24, 2.45) is 0 Å². The second-order valence-corrected chi connectivity index (χ2v) is 5.38. The highest BCUT2D eigenvalue weighted by Crippen LogP contribution is 2.23. The SMILES string of the molecule is Cc1ccsc1Cn1c(N)nc2c(C)ccnc21. The molecular weight excluding hydrogens is 244 g/mol. The first-order valence-corrected chi connectivity index (χ1v) is 6.65. The minimum absolute atomic E-state index is 0.527. The zero-order valence-electron chi connectivity index (χ0n) is 10.3. The van der Waals surface area contributed by atoms with Gasteiger partial charge in [-0.05, 0) is 42.5 Å². The Balaban J connectivity index is 2.15. The van der Waals surface area contributed by atoms with E-state index in [0.29, 0.717) is 5.95 Å². The number of hydrogen-bond donors (Lipinski definition) is 1. The Morgan fingerprint density at radius 3 is 2.83 bits per heavy atom. The van der Waals surface area contributed by atoms with Gasteiger partial charge >= 0.3 is 0 Å². The Labute approximate surface area is 109 Å². The molecule has 2 N–H and O–H groups in total. The maximum atomic E-state index is 6.01. The number of pyridine rings is 1. The number of imidazole rings is 1. The number of rotatable bonds is 2. The predicted molar refractivity (Wildman–Crippen MR) is 74.8 cm³/mol. The quantitative estimate of drug-likeness (QED) is 0.769. The molecule has 0 spiro atoms. The highest BCUT2D eigenvalue weighted by molar-refractivity contribution is 7.10. The second kappa shape index (κ2) is 4.10. The summed E-state index contributed by atoms with van der Waals surface area (Å²) in [5, 5.41) is 2.10. The fraction of sp³-hybridized carbons (Fsp3) is 0.231. The first-order valence-electron chi connectivity index (χ1n) is 5.77. The van der Waals surface area contributed by atoms with Crippen LogP contribution in [0.15, 0.2) is 23.7 Å². The molecule has 3 aromatic heterocycles. The molecule has 3 rings (SSSR count). The van der Waals surface area contributed by atoms with E-state index in [1.54, 1.807) is 17.5 Å². The largest absolute Gasteiger partial charge is 0.369 e. The minimum Gasteiger partial charge on any atom is -0.369 e. The number of aromatic nitrogens is 3. The first kappa shape index (κ1) is 11.2. The molecule has 4 nitrogen and oxygen atoms in total. The van der Waals surface area contributed by atoms with Crippen LogP contribution in [-0.2, 0) is 6.54 Å². The molecular formula is C13H14N4S. The molecule has 18 heavy (non-hydrogen) atoms. The Hall–Kier alpha value is -1.88. The summed E-state index contributed by atoms with van der Waals surface area (Å²) in [5.41, 5.74) is 10.2. The fourth-order valence-electron chi connectivity index (χ4n) is 2.02. The zero-order chi connectivity index (χ0) is 12.7. The van der Waals surface area contributed by atoms with Crippen LogP contribution in [0.5, 0.6) is 0 Å². The number of thiophene rings is 1. The van der Waals surface area contributed by atoms with E-state index >= 15 is 0 Å². The van der Waals surface area contributed by atoms with Crippen molar-refractivity contribution in [3.05, 3.63) is 39.7 Å². The molecule has 5 heteroatoms. The standard InChI is InChI=1S/C13H14N4S/c1-8-4-6-18-10(8)7-17-12-11(16-13(17)14)9(2)3-5-15-12/h3-6H,7H2,1-2H3,(H2,14,16). The van der Waals surface area contributed by atoms with E-state index in [1.807, 2.05) is 17.6 Å². The Morgan fingerprint density at radius 2 is 2.11 bits per heavy atom. The molecule has 0 saturated heterocycles. The molecule has 0 radical (unpaired) electrons. The third kappa shape index (κ3) is 1.67. The molecule has 0 bridgehead atoms.